The van der Waals surface area contributed by atoms with E-state index in [1.165, 1.54) is 24.3 Å². The average Bonchev–Trinajstić information content (AvgIpc) is 3.69. The summed E-state index contributed by atoms with van der Waals surface area (Å²) in [6.07, 6.45) is 1.55. The van der Waals surface area contributed by atoms with Crippen LogP contribution < -0.4 is 4.74 Å². The van der Waals surface area contributed by atoms with E-state index in [4.69, 9.17) is 4.74 Å². The van der Waals surface area contributed by atoms with Crippen molar-refractivity contribution in [1.29, 1.82) is 0 Å². The zero-order valence-electron chi connectivity index (χ0n) is 23.3. The zero-order chi connectivity index (χ0) is 30.3. The fourth-order valence-corrected chi connectivity index (χ4v) is 5.15. The topological polar surface area (TPSA) is 97.5 Å². The first-order chi connectivity index (χ1) is 20.6. The quantitative estimate of drug-likeness (QED) is 0.195. The van der Waals surface area contributed by atoms with Crippen LogP contribution in [0.5, 0.6) is 5.88 Å². The molecule has 2 heterocycles. The Morgan fingerprint density at radius 2 is 1.74 bits per heavy atom. The number of hydrogen-bond donors (Lipinski definition) is 2. The minimum atomic E-state index is -1.09. The molecule has 0 saturated heterocycles. The molecule has 1 fully saturated rings. The number of ether oxygens (including phenoxy) is 1. The third kappa shape index (κ3) is 5.83. The molecule has 10 heteroatoms. The molecule has 0 unspecified atom stereocenters. The third-order valence-electron chi connectivity index (χ3n) is 7.93. The molecule has 0 bridgehead atoms. The van der Waals surface area contributed by atoms with Crippen molar-refractivity contribution in [1.82, 2.24) is 14.5 Å². The lowest BCUT2D eigenvalue weighted by atomic mass is 10.0. The first-order valence-corrected chi connectivity index (χ1v) is 13.8. The molecular weight excluding hydrogens is 559 g/mol. The van der Waals surface area contributed by atoms with Crippen molar-refractivity contribution in [2.45, 2.75) is 39.3 Å². The van der Waals surface area contributed by atoms with Crippen molar-refractivity contribution >= 4 is 17.0 Å². The van der Waals surface area contributed by atoms with Crippen LogP contribution in [0, 0.1) is 29.8 Å². The number of nitrogens with zero attached hydrogens (tertiary/aromatic N) is 3. The van der Waals surface area contributed by atoms with Crippen molar-refractivity contribution in [2.24, 2.45) is 5.41 Å². The second-order valence-electron chi connectivity index (χ2n) is 11.1. The van der Waals surface area contributed by atoms with Crippen LogP contribution in [0.15, 0.2) is 66.7 Å². The van der Waals surface area contributed by atoms with Gasteiger partial charge in [0.15, 0.2) is 0 Å². The molecule has 7 nitrogen and oxygen atoms in total. The fraction of sp³-hybridized carbons (Fsp3) is 0.242. The van der Waals surface area contributed by atoms with Crippen molar-refractivity contribution < 1.29 is 32.9 Å². The van der Waals surface area contributed by atoms with Gasteiger partial charge in [0.05, 0.1) is 28.9 Å². The van der Waals surface area contributed by atoms with Gasteiger partial charge in [-0.3, -0.25) is 0 Å². The lowest BCUT2D eigenvalue weighted by Gasteiger charge is -2.17. The molecule has 1 saturated carbocycles. The predicted octanol–water partition coefficient (Wildman–Crippen LogP) is 6.46. The SMILES string of the molecule is Cc1ccc(COc2cccc(-c3cc(F)c(Cc4nc5ccc(C(=O)O)cc5n4CC4(CO)CC4)cc3F)n2)c(F)c1. The Morgan fingerprint density at radius 1 is 0.953 bits per heavy atom. The molecule has 2 N–H and O–H groups in total. The summed E-state index contributed by atoms with van der Waals surface area (Å²) in [5, 5.41) is 19.4. The maximum atomic E-state index is 15.5. The van der Waals surface area contributed by atoms with Gasteiger partial charge in [-0.15, -0.1) is 0 Å². The van der Waals surface area contributed by atoms with Gasteiger partial charge in [-0.1, -0.05) is 18.2 Å². The molecule has 0 radical (unpaired) electrons. The monoisotopic (exact) mass is 587 g/mol. The highest BCUT2D eigenvalue weighted by Crippen LogP contribution is 2.47. The highest BCUT2D eigenvalue weighted by atomic mass is 19.1. The van der Waals surface area contributed by atoms with Gasteiger partial charge >= 0.3 is 5.97 Å². The van der Waals surface area contributed by atoms with Crippen molar-refractivity contribution in [3.05, 3.63) is 112 Å². The van der Waals surface area contributed by atoms with Crippen LogP contribution in [0.4, 0.5) is 13.2 Å². The van der Waals surface area contributed by atoms with Crippen LogP contribution in [0.25, 0.3) is 22.3 Å². The number of aromatic carboxylic acids is 1. The summed E-state index contributed by atoms with van der Waals surface area (Å²) >= 11 is 0. The van der Waals surface area contributed by atoms with Gasteiger partial charge in [0, 0.05) is 35.6 Å². The third-order valence-corrected chi connectivity index (χ3v) is 7.93. The maximum absolute atomic E-state index is 15.5. The van der Waals surface area contributed by atoms with Gasteiger partial charge in [-0.2, -0.15) is 0 Å². The number of aryl methyl sites for hydroxylation is 1. The molecule has 0 amide bonds. The lowest BCUT2D eigenvalue weighted by molar-refractivity contribution is 0.0697. The van der Waals surface area contributed by atoms with Crippen LogP contribution in [-0.4, -0.2) is 37.3 Å². The molecular formula is C33H28F3N3O4. The molecule has 5 aromatic rings. The molecule has 220 valence electrons. The predicted molar refractivity (Wildman–Crippen MR) is 153 cm³/mol. The Bertz CT molecular complexity index is 1870. The van der Waals surface area contributed by atoms with E-state index >= 15 is 8.78 Å². The molecule has 0 aliphatic heterocycles. The van der Waals surface area contributed by atoms with Crippen LogP contribution in [-0.2, 0) is 19.6 Å². The van der Waals surface area contributed by atoms with Crippen LogP contribution in [0.1, 0.15) is 45.7 Å². The lowest BCUT2D eigenvalue weighted by Crippen LogP contribution is -2.18. The second-order valence-corrected chi connectivity index (χ2v) is 11.1. The maximum Gasteiger partial charge on any atom is 0.335 e. The fourth-order valence-electron chi connectivity index (χ4n) is 5.15. The van der Waals surface area contributed by atoms with E-state index in [0.29, 0.717) is 29.0 Å². The molecule has 2 aromatic heterocycles. The van der Waals surface area contributed by atoms with Gasteiger partial charge < -0.3 is 19.5 Å². The number of aliphatic hydroxyl groups excluding tert-OH is 1. The highest BCUT2D eigenvalue weighted by Gasteiger charge is 2.43. The number of carboxylic acid groups (broad SMARTS) is 1. The average molecular weight is 588 g/mol. The van der Waals surface area contributed by atoms with E-state index in [9.17, 15) is 19.4 Å². The van der Waals surface area contributed by atoms with Crippen LogP contribution >= 0.6 is 0 Å². The number of hydrogen-bond acceptors (Lipinski definition) is 5. The number of aromatic nitrogens is 3. The number of rotatable bonds is 10. The number of carboxylic acids is 1. The molecule has 1 aliphatic rings. The highest BCUT2D eigenvalue weighted by molar-refractivity contribution is 5.92. The molecule has 0 atom stereocenters. The molecule has 0 spiro atoms. The summed E-state index contributed by atoms with van der Waals surface area (Å²) < 4.78 is 52.6. The largest absolute Gasteiger partial charge is 0.478 e. The summed E-state index contributed by atoms with van der Waals surface area (Å²) in [7, 11) is 0. The standard InChI is InChI=1S/C33H28F3N3O4/c1-19-5-6-21(24(34)11-19)16-43-31-4-2-3-27(38-31)23-15-25(35)22(12-26(23)36)14-30-37-28-8-7-20(32(41)42)13-29(28)39(30)17-33(18-40)9-10-33/h2-8,11-13,15,40H,9-10,14,16-18H2,1H3,(H,41,42). The van der Waals surface area contributed by atoms with Gasteiger partial charge in [-0.25, -0.2) is 27.9 Å². The summed E-state index contributed by atoms with van der Waals surface area (Å²) in [6, 6.07) is 16.2. The van der Waals surface area contributed by atoms with E-state index in [2.05, 4.69) is 9.97 Å². The van der Waals surface area contributed by atoms with Crippen molar-refractivity contribution in [3.63, 3.8) is 0 Å². The van der Waals surface area contributed by atoms with Gasteiger partial charge in [-0.05, 0) is 73.4 Å². The zero-order valence-corrected chi connectivity index (χ0v) is 23.3. The Hall–Kier alpha value is -4.70. The van der Waals surface area contributed by atoms with E-state index in [1.54, 1.807) is 41.8 Å². The summed E-state index contributed by atoms with van der Waals surface area (Å²) in [5.74, 6) is -2.29. The first-order valence-electron chi connectivity index (χ1n) is 13.8. The van der Waals surface area contributed by atoms with Gasteiger partial charge in [0.2, 0.25) is 5.88 Å². The number of aliphatic hydroxyl groups is 1. The minimum Gasteiger partial charge on any atom is -0.478 e. The molecule has 6 rings (SSSR count). The van der Waals surface area contributed by atoms with Crippen molar-refractivity contribution in [3.8, 4) is 17.1 Å². The van der Waals surface area contributed by atoms with E-state index in [-0.39, 0.29) is 53.3 Å². The summed E-state index contributed by atoms with van der Waals surface area (Å²) in [4.78, 5) is 20.5. The Morgan fingerprint density at radius 3 is 2.47 bits per heavy atom. The number of benzene rings is 3. The Labute approximate surface area is 245 Å². The Kier molecular flexibility index (Phi) is 7.39. The van der Waals surface area contributed by atoms with Crippen LogP contribution in [0.3, 0.4) is 0 Å². The molecule has 3 aromatic carbocycles. The van der Waals surface area contributed by atoms with Gasteiger partial charge in [0.25, 0.3) is 0 Å². The van der Waals surface area contributed by atoms with Crippen molar-refractivity contribution in [2.75, 3.05) is 6.61 Å². The van der Waals surface area contributed by atoms with E-state index < -0.39 is 23.4 Å². The Balaban J connectivity index is 1.28. The number of halogens is 3. The first kappa shape index (κ1) is 28.4. The number of fused-ring (bicyclic) bond motifs is 1. The van der Waals surface area contributed by atoms with Crippen LogP contribution in [0.2, 0.25) is 0 Å². The second kappa shape index (κ2) is 11.2. The molecule has 1 aliphatic carbocycles. The smallest absolute Gasteiger partial charge is 0.335 e. The van der Waals surface area contributed by atoms with E-state index in [1.807, 2.05) is 0 Å². The van der Waals surface area contributed by atoms with E-state index in [0.717, 1.165) is 30.5 Å². The van der Waals surface area contributed by atoms with Gasteiger partial charge in [0.1, 0.15) is 29.9 Å². The number of carbonyl (C=O) groups is 1. The number of imidazole rings is 1. The normalized spacial score (nSPS) is 13.8. The summed E-state index contributed by atoms with van der Waals surface area (Å²) in [5.41, 5.74) is 2.09. The molecule has 43 heavy (non-hydrogen) atoms. The number of pyridine rings is 1. The summed E-state index contributed by atoms with van der Waals surface area (Å²) in [6.45, 7) is 2.04. The minimum absolute atomic E-state index is 0.0435.